The van der Waals surface area contributed by atoms with E-state index in [0.717, 1.165) is 39.8 Å². The highest BCUT2D eigenvalue weighted by molar-refractivity contribution is 8.15. The fourth-order valence-corrected chi connectivity index (χ4v) is 4.59. The highest BCUT2D eigenvalue weighted by Gasteiger charge is 2.31. The average molecular weight is 487 g/mol. The molecule has 8 heteroatoms. The number of ether oxygens (including phenoxy) is 1. The second kappa shape index (κ2) is 11.3. The van der Waals surface area contributed by atoms with Gasteiger partial charge in [-0.1, -0.05) is 60.3 Å². The lowest BCUT2D eigenvalue weighted by molar-refractivity contribution is -0.118. The molecular weight excluding hydrogens is 463 g/mol. The van der Waals surface area contributed by atoms with Crippen LogP contribution in [0.5, 0.6) is 5.75 Å². The zero-order valence-corrected chi connectivity index (χ0v) is 19.5. The summed E-state index contributed by atoms with van der Waals surface area (Å²) in [5.74, 6) is 0.246. The first-order chi connectivity index (χ1) is 15.5. The van der Waals surface area contributed by atoms with E-state index in [9.17, 15) is 14.0 Å². The summed E-state index contributed by atoms with van der Waals surface area (Å²) >= 11 is 1.03. The van der Waals surface area contributed by atoms with Crippen LogP contribution < -0.4 is 15.4 Å². The van der Waals surface area contributed by atoms with E-state index >= 15 is 0 Å². The number of imide groups is 1. The molecule has 172 valence electrons. The van der Waals surface area contributed by atoms with Crippen LogP contribution in [0.4, 0.5) is 9.18 Å². The molecule has 0 aromatic heterocycles. The highest BCUT2D eigenvalue weighted by Crippen LogP contribution is 2.28. The van der Waals surface area contributed by atoms with Crippen LogP contribution in [-0.4, -0.2) is 23.5 Å². The fourth-order valence-electron chi connectivity index (χ4n) is 3.73. The lowest BCUT2D eigenvalue weighted by atomic mass is 9.95. The number of hydrogen-bond acceptors (Lipinski definition) is 5. The second-order valence-corrected chi connectivity index (χ2v) is 8.72. The smallest absolute Gasteiger partial charge is 0.286 e. The Hall–Kier alpha value is -2.87. The van der Waals surface area contributed by atoms with Crippen molar-refractivity contribution in [3.05, 3.63) is 101 Å². The minimum absolute atomic E-state index is 0. The standard InChI is InChI=1S/C25H23FN2O3S.ClH/c1-31-21-10-8-18(9-11-21)23(27-15-17-5-3-7-20(26)13-17)19-6-2-4-16(12-19)14-22-24(29)28-25(30)32-22;/h2-13,22-23,27H,14-15H2,1H3,(H,28,29,30);1H. The fraction of sp³-hybridized carbons (Fsp3) is 0.200. The largest absolute Gasteiger partial charge is 0.497 e. The topological polar surface area (TPSA) is 67.4 Å². The summed E-state index contributed by atoms with van der Waals surface area (Å²) in [5, 5.41) is 5.14. The monoisotopic (exact) mass is 486 g/mol. The molecule has 0 spiro atoms. The minimum Gasteiger partial charge on any atom is -0.497 e. The third kappa shape index (κ3) is 6.35. The lowest BCUT2D eigenvalue weighted by Crippen LogP contribution is -2.25. The van der Waals surface area contributed by atoms with Gasteiger partial charge >= 0.3 is 0 Å². The summed E-state index contributed by atoms with van der Waals surface area (Å²) < 4.78 is 18.9. The van der Waals surface area contributed by atoms with Crippen LogP contribution >= 0.6 is 24.2 Å². The normalized spacial score (nSPS) is 16.1. The van der Waals surface area contributed by atoms with Crippen molar-refractivity contribution >= 4 is 35.3 Å². The second-order valence-electron chi connectivity index (χ2n) is 7.55. The molecule has 1 fully saturated rings. The first-order valence-corrected chi connectivity index (χ1v) is 11.1. The number of thioether (sulfide) groups is 1. The van der Waals surface area contributed by atoms with Crippen molar-refractivity contribution < 1.29 is 18.7 Å². The maximum atomic E-state index is 13.6. The van der Waals surface area contributed by atoms with Gasteiger partial charge in [-0.3, -0.25) is 14.9 Å². The Morgan fingerprint density at radius 2 is 1.73 bits per heavy atom. The van der Waals surface area contributed by atoms with Gasteiger partial charge in [-0.05, 0) is 52.9 Å². The molecular formula is C25H24ClFN2O3S. The van der Waals surface area contributed by atoms with Crippen LogP contribution in [0.1, 0.15) is 28.3 Å². The van der Waals surface area contributed by atoms with Crippen molar-refractivity contribution in [3.8, 4) is 5.75 Å². The molecule has 2 N–H and O–H groups in total. The van der Waals surface area contributed by atoms with Crippen LogP contribution in [0, 0.1) is 5.82 Å². The summed E-state index contributed by atoms with van der Waals surface area (Å²) in [5.41, 5.74) is 3.86. The van der Waals surface area contributed by atoms with Gasteiger partial charge in [0, 0.05) is 6.54 Å². The van der Waals surface area contributed by atoms with E-state index in [1.54, 1.807) is 13.2 Å². The van der Waals surface area contributed by atoms with E-state index in [1.165, 1.54) is 12.1 Å². The van der Waals surface area contributed by atoms with Gasteiger partial charge in [0.1, 0.15) is 11.6 Å². The molecule has 0 radical (unpaired) electrons. The van der Waals surface area contributed by atoms with Crippen molar-refractivity contribution in [2.24, 2.45) is 0 Å². The van der Waals surface area contributed by atoms with Gasteiger partial charge in [-0.2, -0.15) is 0 Å². The predicted octanol–water partition coefficient (Wildman–Crippen LogP) is 5.03. The van der Waals surface area contributed by atoms with Gasteiger partial charge in [0.2, 0.25) is 5.91 Å². The molecule has 2 atom stereocenters. The Kier molecular flexibility index (Phi) is 8.49. The molecule has 0 aliphatic carbocycles. The van der Waals surface area contributed by atoms with Crippen LogP contribution in [-0.2, 0) is 17.8 Å². The Morgan fingerprint density at radius 3 is 2.39 bits per heavy atom. The Morgan fingerprint density at radius 1 is 1.00 bits per heavy atom. The highest BCUT2D eigenvalue weighted by atomic mass is 35.5. The van der Waals surface area contributed by atoms with Crippen LogP contribution in [0.25, 0.3) is 0 Å². The van der Waals surface area contributed by atoms with Crippen LogP contribution in [0.3, 0.4) is 0 Å². The minimum atomic E-state index is -0.419. The lowest BCUT2D eigenvalue weighted by Gasteiger charge is -2.21. The summed E-state index contributed by atoms with van der Waals surface area (Å²) in [4.78, 5) is 23.5. The quantitative estimate of drug-likeness (QED) is 0.467. The van der Waals surface area contributed by atoms with Gasteiger partial charge in [-0.25, -0.2) is 4.39 Å². The average Bonchev–Trinajstić information content (AvgIpc) is 3.11. The van der Waals surface area contributed by atoms with Crippen LogP contribution in [0.2, 0.25) is 0 Å². The first kappa shape index (κ1) is 24.8. The maximum absolute atomic E-state index is 13.6. The van der Waals surface area contributed by atoms with Crippen LogP contribution in [0.15, 0.2) is 72.8 Å². The molecule has 0 saturated carbocycles. The van der Waals surface area contributed by atoms with Gasteiger partial charge in [-0.15, -0.1) is 12.4 Å². The van der Waals surface area contributed by atoms with E-state index in [2.05, 4.69) is 10.6 Å². The van der Waals surface area contributed by atoms with E-state index in [4.69, 9.17) is 4.74 Å². The molecule has 5 nitrogen and oxygen atoms in total. The molecule has 1 saturated heterocycles. The summed E-state index contributed by atoms with van der Waals surface area (Å²) in [7, 11) is 1.63. The molecule has 4 rings (SSSR count). The molecule has 1 aliphatic heterocycles. The maximum Gasteiger partial charge on any atom is 0.286 e. The summed E-state index contributed by atoms with van der Waals surface area (Å²) in [6, 6.07) is 22.1. The molecule has 0 bridgehead atoms. The number of hydrogen-bond donors (Lipinski definition) is 2. The molecule has 33 heavy (non-hydrogen) atoms. The van der Waals surface area contributed by atoms with Crippen molar-refractivity contribution in [2.75, 3.05) is 7.11 Å². The van der Waals surface area contributed by atoms with E-state index in [0.29, 0.717) is 13.0 Å². The number of rotatable bonds is 8. The van der Waals surface area contributed by atoms with Gasteiger partial charge in [0.05, 0.1) is 18.4 Å². The van der Waals surface area contributed by atoms with Gasteiger partial charge in [0.15, 0.2) is 0 Å². The number of amides is 2. The molecule has 3 aromatic rings. The number of benzene rings is 3. The SMILES string of the molecule is COc1ccc(C(NCc2cccc(F)c2)c2cccc(CC3SC(=O)NC3=O)c2)cc1.Cl. The van der Waals surface area contributed by atoms with Crippen molar-refractivity contribution in [1.29, 1.82) is 0 Å². The zero-order chi connectivity index (χ0) is 22.5. The summed E-state index contributed by atoms with van der Waals surface area (Å²) in [6.07, 6.45) is 0.468. The van der Waals surface area contributed by atoms with Gasteiger partial charge < -0.3 is 10.1 Å². The zero-order valence-electron chi connectivity index (χ0n) is 17.9. The summed E-state index contributed by atoms with van der Waals surface area (Å²) in [6.45, 7) is 0.480. The molecule has 1 heterocycles. The predicted molar refractivity (Wildman–Crippen MR) is 130 cm³/mol. The third-order valence-corrected chi connectivity index (χ3v) is 6.30. The van der Waals surface area contributed by atoms with Gasteiger partial charge in [0.25, 0.3) is 5.24 Å². The molecule has 3 aromatic carbocycles. The van der Waals surface area contributed by atoms with E-state index in [1.807, 2.05) is 54.6 Å². The Labute approximate surface area is 202 Å². The first-order valence-electron chi connectivity index (χ1n) is 10.2. The van der Waals surface area contributed by atoms with E-state index in [-0.39, 0.29) is 35.4 Å². The number of nitrogens with one attached hydrogen (secondary N) is 2. The van der Waals surface area contributed by atoms with Crippen molar-refractivity contribution in [1.82, 2.24) is 10.6 Å². The Balaban J connectivity index is 0.00000306. The number of carbonyl (C=O) groups excluding carboxylic acids is 2. The van der Waals surface area contributed by atoms with Crippen molar-refractivity contribution in [2.45, 2.75) is 24.3 Å². The van der Waals surface area contributed by atoms with E-state index < -0.39 is 5.25 Å². The number of carbonyl (C=O) groups is 2. The van der Waals surface area contributed by atoms with Crippen molar-refractivity contribution in [3.63, 3.8) is 0 Å². The Bertz CT molecular complexity index is 1130. The molecule has 2 unspecified atom stereocenters. The molecule has 2 amide bonds. The molecule has 1 aliphatic rings. The number of halogens is 2. The number of methoxy groups -OCH3 is 1. The third-order valence-electron chi connectivity index (χ3n) is 5.32.